The number of hydrogen-bond acceptors (Lipinski definition) is 6. The van der Waals surface area contributed by atoms with Gasteiger partial charge >= 0.3 is 6.18 Å². The Kier molecular flexibility index (Phi) is 8.65. The lowest BCUT2D eigenvalue weighted by molar-refractivity contribution is -0.153. The number of nitrogens with zero attached hydrogens (tertiary/aromatic N) is 5. The van der Waals surface area contributed by atoms with Gasteiger partial charge in [0.1, 0.15) is 18.1 Å². The van der Waals surface area contributed by atoms with Crippen LogP contribution < -0.4 is 10.1 Å². The lowest BCUT2D eigenvalue weighted by atomic mass is 9.66. The molecule has 1 saturated carbocycles. The van der Waals surface area contributed by atoms with Gasteiger partial charge in [-0.25, -0.2) is 4.68 Å². The van der Waals surface area contributed by atoms with Crippen LogP contribution in [0.3, 0.4) is 0 Å². The molecule has 0 spiro atoms. The first-order valence-corrected chi connectivity index (χ1v) is 14.9. The molecule has 2 aliphatic heterocycles. The predicted octanol–water partition coefficient (Wildman–Crippen LogP) is 4.06. The van der Waals surface area contributed by atoms with Crippen molar-refractivity contribution >= 4 is 29.3 Å². The third-order valence-electron chi connectivity index (χ3n) is 9.20. The van der Waals surface area contributed by atoms with Gasteiger partial charge in [0.2, 0.25) is 17.7 Å². The largest absolute Gasteiger partial charge is 0.487 e. The highest BCUT2D eigenvalue weighted by atomic mass is 35.5. The maximum Gasteiger partial charge on any atom is 0.435 e. The summed E-state index contributed by atoms with van der Waals surface area (Å²) >= 11 is 6.65. The van der Waals surface area contributed by atoms with Crippen molar-refractivity contribution in [2.75, 3.05) is 26.7 Å². The number of carbonyl (C=O) groups is 3. The number of halogens is 4. The molecular weight excluding hydrogens is 589 g/mol. The second kappa shape index (κ2) is 12.0. The van der Waals surface area contributed by atoms with Gasteiger partial charge in [0.05, 0.1) is 17.4 Å². The number of ether oxygens (including phenoxy) is 1. The van der Waals surface area contributed by atoms with Gasteiger partial charge < -0.3 is 19.9 Å². The molecule has 3 heterocycles. The van der Waals surface area contributed by atoms with Crippen LogP contribution in [0.25, 0.3) is 0 Å². The van der Waals surface area contributed by atoms with Crippen molar-refractivity contribution in [1.82, 2.24) is 30.1 Å². The van der Waals surface area contributed by atoms with E-state index in [1.807, 2.05) is 6.92 Å². The summed E-state index contributed by atoms with van der Waals surface area (Å²) < 4.78 is 47.8. The molecule has 3 amide bonds. The molecule has 2 fully saturated rings. The van der Waals surface area contributed by atoms with Crippen LogP contribution in [0.5, 0.6) is 5.75 Å². The zero-order valence-electron chi connectivity index (χ0n) is 24.5. The van der Waals surface area contributed by atoms with Crippen LogP contribution in [0.4, 0.5) is 13.2 Å². The van der Waals surface area contributed by atoms with Crippen LogP contribution in [0, 0.1) is 11.3 Å². The van der Waals surface area contributed by atoms with Crippen LogP contribution >= 0.6 is 11.6 Å². The zero-order valence-corrected chi connectivity index (χ0v) is 25.2. The monoisotopic (exact) mass is 624 g/mol. The highest BCUT2D eigenvalue weighted by Gasteiger charge is 2.49. The second-order valence-corrected chi connectivity index (χ2v) is 12.2. The third kappa shape index (κ3) is 5.80. The quantitative estimate of drug-likeness (QED) is 0.498. The van der Waals surface area contributed by atoms with E-state index >= 15 is 0 Å². The van der Waals surface area contributed by atoms with Crippen molar-refractivity contribution in [3.63, 3.8) is 0 Å². The molecule has 10 nitrogen and oxygen atoms in total. The average molecular weight is 625 g/mol. The molecule has 0 radical (unpaired) electrons. The SMILES string of the molecule is CNC(=O)[C@@]1(C)CCCC[C@H]1C(=O)N1CCc2c(Cl)ccc(OCc3nnn(C)c3C(F)(F)F)c2[C@H]1CN1CCCC1=O. The van der Waals surface area contributed by atoms with Gasteiger partial charge in [-0.2, -0.15) is 13.2 Å². The minimum atomic E-state index is -4.68. The molecule has 1 N–H and O–H groups in total. The lowest BCUT2D eigenvalue weighted by Gasteiger charge is -2.46. The summed E-state index contributed by atoms with van der Waals surface area (Å²) in [5.74, 6) is -0.730. The van der Waals surface area contributed by atoms with Gasteiger partial charge in [0.15, 0.2) is 5.69 Å². The summed E-state index contributed by atoms with van der Waals surface area (Å²) in [6.45, 7) is 2.32. The molecule has 1 aliphatic carbocycles. The molecule has 2 aromatic rings. The van der Waals surface area contributed by atoms with Crippen LogP contribution in [0.1, 0.15) is 74.0 Å². The molecule has 1 saturated heterocycles. The first-order chi connectivity index (χ1) is 20.4. The van der Waals surface area contributed by atoms with Gasteiger partial charge in [-0.15, -0.1) is 5.10 Å². The van der Waals surface area contributed by atoms with Crippen molar-refractivity contribution in [2.45, 2.75) is 70.7 Å². The molecule has 1 aromatic carbocycles. The van der Waals surface area contributed by atoms with Crippen molar-refractivity contribution in [1.29, 1.82) is 0 Å². The van der Waals surface area contributed by atoms with Crippen molar-refractivity contribution in [2.24, 2.45) is 18.4 Å². The van der Waals surface area contributed by atoms with E-state index in [1.54, 1.807) is 29.0 Å². The Labute approximate surface area is 252 Å². The highest BCUT2D eigenvalue weighted by molar-refractivity contribution is 6.31. The molecule has 3 atom stereocenters. The Balaban J connectivity index is 1.54. The number of aryl methyl sites for hydroxylation is 1. The average Bonchev–Trinajstić information content (AvgIpc) is 3.56. The Hall–Kier alpha value is -3.35. The van der Waals surface area contributed by atoms with E-state index in [9.17, 15) is 27.6 Å². The minimum Gasteiger partial charge on any atom is -0.487 e. The maximum absolute atomic E-state index is 14.4. The standard InChI is InChI=1S/C29H36ClF3N6O4/c1-28(27(42)34-2)12-5-4-7-18(28)26(41)39-14-11-17-19(30)9-10-22(24(17)21(39)15-38-13-6-8-23(38)40)43-16-20-25(29(31,32)33)37(3)36-35-20/h9-10,18,21H,4-8,11-16H2,1-3H3,(H,34,42)/t18-,21+,28-/m0/s1. The number of rotatable bonds is 7. The van der Waals surface area contributed by atoms with Crippen LogP contribution in [0.2, 0.25) is 5.02 Å². The zero-order chi connectivity index (χ0) is 31.1. The Bertz CT molecular complexity index is 1420. The van der Waals surface area contributed by atoms with E-state index in [-0.39, 0.29) is 35.7 Å². The van der Waals surface area contributed by atoms with Crippen LogP contribution in [0.15, 0.2) is 12.1 Å². The summed E-state index contributed by atoms with van der Waals surface area (Å²) in [5.41, 5.74) is -1.02. The molecule has 3 aliphatic rings. The number of benzene rings is 1. The Morgan fingerprint density at radius 3 is 2.63 bits per heavy atom. The lowest BCUT2D eigenvalue weighted by Crippen LogP contribution is -2.54. The number of fused-ring (bicyclic) bond motifs is 1. The molecule has 1 aromatic heterocycles. The minimum absolute atomic E-state index is 0.0359. The number of aromatic nitrogens is 3. The number of carbonyl (C=O) groups excluding carboxylic acids is 3. The third-order valence-corrected chi connectivity index (χ3v) is 9.56. The van der Waals surface area contributed by atoms with E-state index in [2.05, 4.69) is 15.6 Å². The highest BCUT2D eigenvalue weighted by Crippen LogP contribution is 2.46. The molecular formula is C29H36ClF3N6O4. The van der Waals surface area contributed by atoms with Gasteiger partial charge in [0, 0.05) is 50.7 Å². The number of amides is 3. The van der Waals surface area contributed by atoms with Crippen LogP contribution in [-0.4, -0.2) is 69.2 Å². The summed E-state index contributed by atoms with van der Waals surface area (Å²) in [7, 11) is 2.73. The summed E-state index contributed by atoms with van der Waals surface area (Å²) in [6.07, 6.45) is -0.456. The van der Waals surface area contributed by atoms with Crippen molar-refractivity contribution in [3.8, 4) is 5.75 Å². The molecule has 234 valence electrons. The maximum atomic E-state index is 14.4. The van der Waals surface area contributed by atoms with Crippen molar-refractivity contribution < 1.29 is 32.3 Å². The first-order valence-electron chi connectivity index (χ1n) is 14.6. The van der Waals surface area contributed by atoms with Crippen LogP contribution in [-0.2, 0) is 40.6 Å². The molecule has 14 heteroatoms. The molecule has 43 heavy (non-hydrogen) atoms. The summed E-state index contributed by atoms with van der Waals surface area (Å²) in [4.78, 5) is 43.6. The van der Waals surface area contributed by atoms with E-state index < -0.39 is 35.9 Å². The molecule has 0 bridgehead atoms. The molecule has 5 rings (SSSR count). The normalized spacial score (nSPS) is 24.2. The van der Waals surface area contributed by atoms with E-state index in [4.69, 9.17) is 16.3 Å². The number of alkyl halides is 3. The fourth-order valence-corrected chi connectivity index (χ4v) is 7.20. The molecule has 0 unspecified atom stereocenters. The fourth-order valence-electron chi connectivity index (χ4n) is 6.94. The number of nitrogens with one attached hydrogen (secondary N) is 1. The topological polar surface area (TPSA) is 110 Å². The van der Waals surface area contributed by atoms with Crippen molar-refractivity contribution in [3.05, 3.63) is 39.7 Å². The van der Waals surface area contributed by atoms with Gasteiger partial charge in [-0.1, -0.05) is 29.7 Å². The summed E-state index contributed by atoms with van der Waals surface area (Å²) in [5, 5.41) is 10.4. The van der Waals surface area contributed by atoms with E-state index in [0.717, 1.165) is 19.9 Å². The fraction of sp³-hybridized carbons (Fsp3) is 0.621. The number of hydrogen-bond donors (Lipinski definition) is 1. The van der Waals surface area contributed by atoms with Gasteiger partial charge in [-0.05, 0) is 50.3 Å². The first kappa shape index (κ1) is 31.1. The van der Waals surface area contributed by atoms with Gasteiger partial charge in [-0.3, -0.25) is 14.4 Å². The Morgan fingerprint density at radius 2 is 1.95 bits per heavy atom. The smallest absolute Gasteiger partial charge is 0.435 e. The number of likely N-dealkylation sites (tertiary alicyclic amines) is 1. The second-order valence-electron chi connectivity index (χ2n) is 11.8. The predicted molar refractivity (Wildman–Crippen MR) is 150 cm³/mol. The summed E-state index contributed by atoms with van der Waals surface area (Å²) in [6, 6.07) is 2.52. The van der Waals surface area contributed by atoms with E-state index in [0.29, 0.717) is 66.0 Å². The van der Waals surface area contributed by atoms with E-state index in [1.165, 1.54) is 0 Å². The van der Waals surface area contributed by atoms with Gasteiger partial charge in [0.25, 0.3) is 0 Å². The Morgan fingerprint density at radius 1 is 1.19 bits per heavy atom.